The van der Waals surface area contributed by atoms with E-state index in [4.69, 9.17) is 0 Å². The van der Waals surface area contributed by atoms with Gasteiger partial charge in [0, 0.05) is 29.4 Å². The van der Waals surface area contributed by atoms with Gasteiger partial charge in [-0.3, -0.25) is 4.79 Å². The van der Waals surface area contributed by atoms with E-state index >= 15 is 0 Å². The molecular weight excluding hydrogens is 256 g/mol. The molecule has 0 spiro atoms. The summed E-state index contributed by atoms with van der Waals surface area (Å²) in [7, 11) is 4.23. The number of carbonyl (C=O) groups is 1. The summed E-state index contributed by atoms with van der Waals surface area (Å²) in [6.45, 7) is 8.29. The topological polar surface area (TPSA) is 23.6 Å². The molecule has 1 aromatic rings. The molecule has 0 bridgehead atoms. The van der Waals surface area contributed by atoms with Crippen LogP contribution in [-0.2, 0) is 0 Å². The highest BCUT2D eigenvalue weighted by Crippen LogP contribution is 2.28. The Bertz CT molecular complexity index is 437. The molecule has 1 aliphatic rings. The summed E-state index contributed by atoms with van der Waals surface area (Å²) in [6.07, 6.45) is 0. The summed E-state index contributed by atoms with van der Waals surface area (Å²) in [5.41, 5.74) is 0.851. The predicted molar refractivity (Wildman–Crippen MR) is 80.8 cm³/mol. The highest BCUT2D eigenvalue weighted by Gasteiger charge is 2.38. The van der Waals surface area contributed by atoms with Crippen LogP contribution in [-0.4, -0.2) is 48.9 Å². The number of hydrogen-bond donors (Lipinski definition) is 0. The molecule has 1 aromatic heterocycles. The molecule has 1 aliphatic heterocycles. The molecule has 2 heterocycles. The van der Waals surface area contributed by atoms with Crippen LogP contribution in [0.3, 0.4) is 0 Å². The SMILES string of the molecule is Cc1cc(C(=O)N2C[C@@H](N(C)C)[C@H](C(C)C)C2)cs1. The van der Waals surface area contributed by atoms with Gasteiger partial charge in [0.1, 0.15) is 0 Å². The third-order valence-corrected chi connectivity index (χ3v) is 4.98. The fourth-order valence-electron chi connectivity index (χ4n) is 2.92. The van der Waals surface area contributed by atoms with Gasteiger partial charge in [0.25, 0.3) is 5.91 Å². The van der Waals surface area contributed by atoms with Crippen molar-refractivity contribution in [2.75, 3.05) is 27.2 Å². The van der Waals surface area contributed by atoms with Crippen LogP contribution in [0, 0.1) is 18.8 Å². The fraction of sp³-hybridized carbons (Fsp3) is 0.667. The third kappa shape index (κ3) is 3.00. The van der Waals surface area contributed by atoms with Crippen LogP contribution in [0.2, 0.25) is 0 Å². The molecule has 2 rings (SSSR count). The van der Waals surface area contributed by atoms with E-state index in [0.29, 0.717) is 17.9 Å². The van der Waals surface area contributed by atoms with Gasteiger partial charge in [-0.05, 0) is 38.9 Å². The van der Waals surface area contributed by atoms with Crippen LogP contribution in [0.4, 0.5) is 0 Å². The van der Waals surface area contributed by atoms with E-state index in [1.54, 1.807) is 11.3 Å². The molecule has 0 N–H and O–H groups in total. The number of likely N-dealkylation sites (tertiary alicyclic amines) is 1. The van der Waals surface area contributed by atoms with E-state index in [-0.39, 0.29) is 5.91 Å². The minimum atomic E-state index is 0.194. The molecule has 0 radical (unpaired) electrons. The van der Waals surface area contributed by atoms with Crippen molar-refractivity contribution in [3.8, 4) is 0 Å². The van der Waals surface area contributed by atoms with Gasteiger partial charge in [0.15, 0.2) is 0 Å². The van der Waals surface area contributed by atoms with Crippen LogP contribution < -0.4 is 0 Å². The van der Waals surface area contributed by atoms with Crippen molar-refractivity contribution < 1.29 is 4.79 Å². The Kier molecular flexibility index (Phi) is 4.31. The lowest BCUT2D eigenvalue weighted by Gasteiger charge is -2.27. The number of thiophene rings is 1. The van der Waals surface area contributed by atoms with Crippen LogP contribution in [0.1, 0.15) is 29.1 Å². The predicted octanol–water partition coefficient (Wildman–Crippen LogP) is 2.71. The highest BCUT2D eigenvalue weighted by atomic mass is 32.1. The first kappa shape index (κ1) is 14.5. The second-order valence-electron chi connectivity index (χ2n) is 6.09. The van der Waals surface area contributed by atoms with Crippen molar-refractivity contribution in [3.05, 3.63) is 21.9 Å². The lowest BCUT2D eigenvalue weighted by molar-refractivity contribution is 0.0780. The first-order valence-corrected chi connectivity index (χ1v) is 7.79. The van der Waals surface area contributed by atoms with E-state index in [0.717, 1.165) is 18.7 Å². The Hall–Kier alpha value is -0.870. The molecule has 2 atom stereocenters. The Morgan fingerprint density at radius 2 is 2.11 bits per heavy atom. The average Bonchev–Trinajstić information content (AvgIpc) is 2.93. The molecule has 0 aliphatic carbocycles. The maximum atomic E-state index is 12.5. The van der Waals surface area contributed by atoms with Gasteiger partial charge in [-0.25, -0.2) is 0 Å². The highest BCUT2D eigenvalue weighted by molar-refractivity contribution is 7.10. The van der Waals surface area contributed by atoms with Gasteiger partial charge in [0.05, 0.1) is 5.56 Å². The summed E-state index contributed by atoms with van der Waals surface area (Å²) in [4.78, 5) is 18.0. The number of nitrogens with zero attached hydrogens (tertiary/aromatic N) is 2. The summed E-state index contributed by atoms with van der Waals surface area (Å²) >= 11 is 1.65. The smallest absolute Gasteiger partial charge is 0.254 e. The largest absolute Gasteiger partial charge is 0.337 e. The van der Waals surface area contributed by atoms with Crippen LogP contribution in [0.15, 0.2) is 11.4 Å². The minimum absolute atomic E-state index is 0.194. The van der Waals surface area contributed by atoms with E-state index in [2.05, 4.69) is 32.8 Å². The average molecular weight is 280 g/mol. The van der Waals surface area contributed by atoms with E-state index in [1.165, 1.54) is 4.88 Å². The van der Waals surface area contributed by atoms with Gasteiger partial charge in [-0.2, -0.15) is 0 Å². The third-order valence-electron chi connectivity index (χ3n) is 4.12. The number of carbonyl (C=O) groups excluding carboxylic acids is 1. The number of hydrogen-bond acceptors (Lipinski definition) is 3. The molecule has 1 fully saturated rings. The number of likely N-dealkylation sites (N-methyl/N-ethyl adjacent to an activating group) is 1. The monoisotopic (exact) mass is 280 g/mol. The van der Waals surface area contributed by atoms with Crippen molar-refractivity contribution in [2.24, 2.45) is 11.8 Å². The molecule has 19 heavy (non-hydrogen) atoms. The first-order valence-electron chi connectivity index (χ1n) is 6.91. The normalized spacial score (nSPS) is 23.6. The summed E-state index contributed by atoms with van der Waals surface area (Å²) < 4.78 is 0. The van der Waals surface area contributed by atoms with E-state index < -0.39 is 0 Å². The fourth-order valence-corrected chi connectivity index (χ4v) is 3.59. The number of amides is 1. The molecule has 3 nitrogen and oxygen atoms in total. The first-order chi connectivity index (χ1) is 8.90. The number of rotatable bonds is 3. The second-order valence-corrected chi connectivity index (χ2v) is 7.21. The second kappa shape index (κ2) is 5.63. The van der Waals surface area contributed by atoms with Crippen LogP contribution >= 0.6 is 11.3 Å². The van der Waals surface area contributed by atoms with Crippen molar-refractivity contribution >= 4 is 17.2 Å². The molecule has 1 amide bonds. The minimum Gasteiger partial charge on any atom is -0.337 e. The van der Waals surface area contributed by atoms with Crippen molar-refractivity contribution in [1.29, 1.82) is 0 Å². The van der Waals surface area contributed by atoms with E-state index in [9.17, 15) is 4.79 Å². The zero-order chi connectivity index (χ0) is 14.2. The maximum absolute atomic E-state index is 12.5. The lowest BCUT2D eigenvalue weighted by atomic mass is 9.91. The van der Waals surface area contributed by atoms with Gasteiger partial charge in [0.2, 0.25) is 0 Å². The molecule has 0 unspecified atom stereocenters. The van der Waals surface area contributed by atoms with Crippen LogP contribution in [0.5, 0.6) is 0 Å². The van der Waals surface area contributed by atoms with Crippen LogP contribution in [0.25, 0.3) is 0 Å². The summed E-state index contributed by atoms with van der Waals surface area (Å²) in [5.74, 6) is 1.37. The van der Waals surface area contributed by atoms with Crippen molar-refractivity contribution in [2.45, 2.75) is 26.8 Å². The molecule has 1 saturated heterocycles. The Morgan fingerprint density at radius 3 is 2.53 bits per heavy atom. The van der Waals surface area contributed by atoms with Gasteiger partial charge in [-0.15, -0.1) is 11.3 Å². The quantitative estimate of drug-likeness (QED) is 0.850. The van der Waals surface area contributed by atoms with Gasteiger partial charge >= 0.3 is 0 Å². The summed E-state index contributed by atoms with van der Waals surface area (Å²) in [5, 5.41) is 1.98. The zero-order valence-electron chi connectivity index (χ0n) is 12.5. The van der Waals surface area contributed by atoms with E-state index in [1.807, 2.05) is 23.3 Å². The number of aryl methyl sites for hydroxylation is 1. The zero-order valence-corrected chi connectivity index (χ0v) is 13.3. The molecule has 0 aromatic carbocycles. The molecular formula is C15H24N2OS. The van der Waals surface area contributed by atoms with Gasteiger partial charge in [-0.1, -0.05) is 13.8 Å². The lowest BCUT2D eigenvalue weighted by Crippen LogP contribution is -2.37. The Labute approximate surface area is 120 Å². The van der Waals surface area contributed by atoms with Crippen molar-refractivity contribution in [1.82, 2.24) is 9.80 Å². The Balaban J connectivity index is 2.13. The maximum Gasteiger partial charge on any atom is 0.254 e. The van der Waals surface area contributed by atoms with Gasteiger partial charge < -0.3 is 9.80 Å². The Morgan fingerprint density at radius 1 is 1.42 bits per heavy atom. The molecule has 106 valence electrons. The van der Waals surface area contributed by atoms with Crippen molar-refractivity contribution in [3.63, 3.8) is 0 Å². The molecule has 4 heteroatoms. The molecule has 0 saturated carbocycles. The summed E-state index contributed by atoms with van der Waals surface area (Å²) in [6, 6.07) is 2.48. The standard InChI is InChI=1S/C15H24N2OS/c1-10(2)13-7-17(8-14(13)16(4)5)15(18)12-6-11(3)19-9-12/h6,9-10,13-14H,7-8H2,1-5H3/t13-,14+/m0/s1.